The summed E-state index contributed by atoms with van der Waals surface area (Å²) in [5.41, 5.74) is 9.06. The number of hydrogen-bond donors (Lipinski definition) is 0. The van der Waals surface area contributed by atoms with Gasteiger partial charge in [-0.3, -0.25) is 4.98 Å². The van der Waals surface area contributed by atoms with Gasteiger partial charge < -0.3 is 0 Å². The van der Waals surface area contributed by atoms with Crippen LogP contribution in [0.4, 0.5) is 4.39 Å². The van der Waals surface area contributed by atoms with Crippen molar-refractivity contribution in [1.82, 2.24) is 4.98 Å². The molecule has 0 radical (unpaired) electrons. The molecule has 4 rings (SSSR count). The molecule has 0 N–H and O–H groups in total. The molecule has 0 atom stereocenters. The number of allylic oxidation sites excluding steroid dienone is 1. The highest BCUT2D eigenvalue weighted by Crippen LogP contribution is 2.23. The van der Waals surface area contributed by atoms with Crippen molar-refractivity contribution in [3.05, 3.63) is 120 Å². The van der Waals surface area contributed by atoms with Crippen molar-refractivity contribution in [2.75, 3.05) is 0 Å². The monoisotopic (exact) mass is 449 g/mol. The zero-order valence-corrected chi connectivity index (χ0v) is 19.4. The molecule has 172 valence electrons. The van der Waals surface area contributed by atoms with E-state index < -0.39 is 0 Å². The first-order valence-electron chi connectivity index (χ1n) is 10.9. The van der Waals surface area contributed by atoms with Crippen molar-refractivity contribution in [3.63, 3.8) is 0 Å². The summed E-state index contributed by atoms with van der Waals surface area (Å²) in [4.78, 5) is 4.23. The Morgan fingerprint density at radius 2 is 1.59 bits per heavy atom. The van der Waals surface area contributed by atoms with Crippen LogP contribution >= 0.6 is 0 Å². The largest absolute Gasteiger partial charge is 0.263 e. The average molecular weight is 450 g/mol. The molecule has 0 amide bonds. The van der Waals surface area contributed by atoms with E-state index in [4.69, 9.17) is 6.42 Å². The summed E-state index contributed by atoms with van der Waals surface area (Å²) >= 11 is 0. The Morgan fingerprint density at radius 1 is 0.912 bits per heavy atom. The van der Waals surface area contributed by atoms with E-state index in [1.54, 1.807) is 6.07 Å². The smallest absolute Gasteiger partial charge is 0.127 e. The normalized spacial score (nSPS) is 9.74. The predicted molar refractivity (Wildman–Crippen MR) is 145 cm³/mol. The second-order valence-corrected chi connectivity index (χ2v) is 7.99. The molecule has 0 unspecified atom stereocenters. The Morgan fingerprint density at radius 3 is 2.21 bits per heavy atom. The van der Waals surface area contributed by atoms with E-state index in [1.807, 2.05) is 93.8 Å². The first-order valence-corrected chi connectivity index (χ1v) is 10.9. The quantitative estimate of drug-likeness (QED) is 0.284. The van der Waals surface area contributed by atoms with Crippen molar-refractivity contribution >= 4 is 5.57 Å². The van der Waals surface area contributed by atoms with E-state index in [0.29, 0.717) is 0 Å². The third-order valence-corrected chi connectivity index (χ3v) is 5.41. The molecule has 0 spiro atoms. The molecule has 1 aromatic heterocycles. The van der Waals surface area contributed by atoms with Gasteiger partial charge in [0.1, 0.15) is 5.82 Å². The van der Waals surface area contributed by atoms with Gasteiger partial charge in [0.2, 0.25) is 0 Å². The highest BCUT2D eigenvalue weighted by molar-refractivity contribution is 5.70. The van der Waals surface area contributed by atoms with E-state index in [2.05, 4.69) is 23.5 Å². The highest BCUT2D eigenvalue weighted by Gasteiger charge is 2.03. The Bertz CT molecular complexity index is 1290. The first kappa shape index (κ1) is 26.3. The molecular weight excluding hydrogens is 417 g/mol. The Kier molecular flexibility index (Phi) is 9.53. The molecule has 1 nitrogen and oxygen atoms in total. The topological polar surface area (TPSA) is 12.9 Å². The summed E-state index contributed by atoms with van der Waals surface area (Å²) < 4.78 is 13.6. The van der Waals surface area contributed by atoms with Crippen molar-refractivity contribution < 1.29 is 4.39 Å². The molecule has 0 saturated heterocycles. The standard InChI is InChI=1S/C16H13N.C15H15F.CH4/c1-4-13-6-5-7-14(8-13)16-9-15(12(2)3)10-17-11-16;1-3-12-8-9-14(10-15(12)16)13-6-4-11(2)5-7-13;/h1,5-11H,2H2,3H3;4-10H,3H2,1-2H3;1H4. The van der Waals surface area contributed by atoms with Crippen LogP contribution in [0.25, 0.3) is 27.8 Å². The van der Waals surface area contributed by atoms with Gasteiger partial charge in [-0.2, -0.15) is 0 Å². The maximum absolute atomic E-state index is 13.6. The number of benzene rings is 3. The zero-order chi connectivity index (χ0) is 23.8. The van der Waals surface area contributed by atoms with Crippen LogP contribution in [-0.4, -0.2) is 4.98 Å². The highest BCUT2D eigenvalue weighted by atomic mass is 19.1. The average Bonchev–Trinajstić information content (AvgIpc) is 2.85. The number of nitrogens with zero attached hydrogens (tertiary/aromatic N) is 1. The van der Waals surface area contributed by atoms with E-state index in [9.17, 15) is 4.39 Å². The van der Waals surface area contributed by atoms with Gasteiger partial charge in [-0.05, 0) is 77.9 Å². The molecule has 4 aromatic rings. The lowest BCUT2D eigenvalue weighted by molar-refractivity contribution is 0.613. The second-order valence-electron chi connectivity index (χ2n) is 7.99. The van der Waals surface area contributed by atoms with Crippen LogP contribution in [0, 0.1) is 25.1 Å². The van der Waals surface area contributed by atoms with Crippen molar-refractivity contribution in [2.24, 2.45) is 0 Å². The summed E-state index contributed by atoms with van der Waals surface area (Å²) in [7, 11) is 0. The SMILES string of the molecule is C.C#Cc1cccc(-c2cncc(C(=C)C)c2)c1.CCc1ccc(-c2ccc(C)cc2)cc1F. The number of aryl methyl sites for hydroxylation is 2. The number of terminal acetylenes is 1. The van der Waals surface area contributed by atoms with Crippen LogP contribution in [0.5, 0.6) is 0 Å². The second kappa shape index (κ2) is 12.3. The lowest BCUT2D eigenvalue weighted by Crippen LogP contribution is -1.88. The molecule has 0 aliphatic carbocycles. The van der Waals surface area contributed by atoms with Crippen molar-refractivity contribution in [2.45, 2.75) is 34.6 Å². The van der Waals surface area contributed by atoms with E-state index in [-0.39, 0.29) is 13.2 Å². The van der Waals surface area contributed by atoms with Crippen LogP contribution in [0.3, 0.4) is 0 Å². The van der Waals surface area contributed by atoms with Gasteiger partial charge in [-0.15, -0.1) is 6.42 Å². The number of rotatable bonds is 4. The fraction of sp³-hybridized carbons (Fsp3) is 0.156. The molecular formula is C32H32FN. The van der Waals surface area contributed by atoms with Gasteiger partial charge in [0.25, 0.3) is 0 Å². The fourth-order valence-corrected chi connectivity index (χ4v) is 3.38. The number of pyridine rings is 1. The van der Waals surface area contributed by atoms with Crippen LogP contribution < -0.4 is 0 Å². The molecule has 0 saturated carbocycles. The van der Waals surface area contributed by atoms with Gasteiger partial charge in [-0.25, -0.2) is 4.39 Å². The summed E-state index contributed by atoms with van der Waals surface area (Å²) in [6.45, 7) is 9.90. The van der Waals surface area contributed by atoms with Gasteiger partial charge in [0.05, 0.1) is 0 Å². The maximum atomic E-state index is 13.6. The zero-order valence-electron chi connectivity index (χ0n) is 19.4. The number of hydrogen-bond acceptors (Lipinski definition) is 1. The Labute approximate surface area is 204 Å². The fourth-order valence-electron chi connectivity index (χ4n) is 3.38. The van der Waals surface area contributed by atoms with Gasteiger partial charge in [0.15, 0.2) is 0 Å². The molecule has 0 aliphatic heterocycles. The molecule has 1 heterocycles. The minimum absolute atomic E-state index is 0. The maximum Gasteiger partial charge on any atom is 0.127 e. The van der Waals surface area contributed by atoms with E-state index in [0.717, 1.165) is 50.9 Å². The number of halogens is 1. The molecule has 34 heavy (non-hydrogen) atoms. The van der Waals surface area contributed by atoms with Crippen molar-refractivity contribution in [1.29, 1.82) is 0 Å². The lowest BCUT2D eigenvalue weighted by Gasteiger charge is -2.05. The third-order valence-electron chi connectivity index (χ3n) is 5.41. The molecule has 2 heteroatoms. The lowest BCUT2D eigenvalue weighted by atomic mass is 10.0. The molecule has 0 bridgehead atoms. The summed E-state index contributed by atoms with van der Waals surface area (Å²) in [5, 5.41) is 0. The van der Waals surface area contributed by atoms with Gasteiger partial charge >= 0.3 is 0 Å². The van der Waals surface area contributed by atoms with Crippen LogP contribution in [0.15, 0.2) is 91.8 Å². The molecule has 3 aromatic carbocycles. The van der Waals surface area contributed by atoms with Crippen LogP contribution in [-0.2, 0) is 6.42 Å². The minimum Gasteiger partial charge on any atom is -0.263 e. The van der Waals surface area contributed by atoms with Crippen LogP contribution in [0.1, 0.15) is 43.5 Å². The number of aromatic nitrogens is 1. The van der Waals surface area contributed by atoms with E-state index in [1.165, 1.54) is 5.56 Å². The minimum atomic E-state index is -0.111. The predicted octanol–water partition coefficient (Wildman–Crippen LogP) is 8.76. The Balaban J connectivity index is 0.000000234. The van der Waals surface area contributed by atoms with Gasteiger partial charge in [-0.1, -0.05) is 80.9 Å². The van der Waals surface area contributed by atoms with Crippen LogP contribution in [0.2, 0.25) is 0 Å². The summed E-state index contributed by atoms with van der Waals surface area (Å²) in [5.74, 6) is 2.53. The van der Waals surface area contributed by atoms with Gasteiger partial charge in [0, 0.05) is 23.5 Å². The first-order chi connectivity index (χ1) is 15.9. The molecule has 0 fully saturated rings. The third kappa shape index (κ3) is 6.77. The molecule has 0 aliphatic rings. The van der Waals surface area contributed by atoms with E-state index >= 15 is 0 Å². The Hall–Kier alpha value is -3.96. The van der Waals surface area contributed by atoms with Crippen molar-refractivity contribution in [3.8, 4) is 34.6 Å². The summed E-state index contributed by atoms with van der Waals surface area (Å²) in [6, 6.07) is 23.6. The summed E-state index contributed by atoms with van der Waals surface area (Å²) in [6.07, 6.45) is 9.78.